The standard InChI is InChI=1S/C22H22FN3O2/c1-14-4-3-5-17-21(14)18(20-12-26(13-27)8-9-28-20)11-24-22(17)25-16-6-7-19(23)15(2)10-16/h3-7,10-11,13,20H,8-9,12H2,1-2H3,(H,24,25). The second kappa shape index (κ2) is 7.56. The summed E-state index contributed by atoms with van der Waals surface area (Å²) in [5.74, 6) is 0.472. The molecule has 1 saturated heterocycles. The monoisotopic (exact) mass is 379 g/mol. The van der Waals surface area contributed by atoms with Gasteiger partial charge in [0.2, 0.25) is 6.41 Å². The number of anilines is 2. The van der Waals surface area contributed by atoms with Gasteiger partial charge in [0, 0.05) is 29.4 Å². The maximum Gasteiger partial charge on any atom is 0.209 e. The zero-order chi connectivity index (χ0) is 19.7. The molecule has 3 aromatic rings. The second-order valence-corrected chi connectivity index (χ2v) is 7.11. The number of ether oxygens (including phenoxy) is 1. The van der Waals surface area contributed by atoms with Crippen molar-refractivity contribution >= 4 is 28.7 Å². The van der Waals surface area contributed by atoms with E-state index in [9.17, 15) is 9.18 Å². The number of hydrogen-bond donors (Lipinski definition) is 1. The Balaban J connectivity index is 1.77. The van der Waals surface area contributed by atoms with Crippen LogP contribution in [0.2, 0.25) is 0 Å². The number of pyridine rings is 1. The Morgan fingerprint density at radius 3 is 2.89 bits per heavy atom. The average Bonchev–Trinajstić information content (AvgIpc) is 2.71. The van der Waals surface area contributed by atoms with Gasteiger partial charge in [-0.25, -0.2) is 9.37 Å². The fourth-order valence-electron chi connectivity index (χ4n) is 3.67. The molecule has 1 fully saturated rings. The van der Waals surface area contributed by atoms with Crippen LogP contribution in [0.1, 0.15) is 22.8 Å². The Kier molecular flexibility index (Phi) is 4.96. The molecule has 1 amide bonds. The predicted octanol–water partition coefficient (Wildman–Crippen LogP) is 4.26. The van der Waals surface area contributed by atoms with Crippen LogP contribution in [0.15, 0.2) is 42.6 Å². The summed E-state index contributed by atoms with van der Waals surface area (Å²) in [5.41, 5.74) is 3.44. The third kappa shape index (κ3) is 3.43. The summed E-state index contributed by atoms with van der Waals surface area (Å²) in [6.07, 6.45) is 2.47. The summed E-state index contributed by atoms with van der Waals surface area (Å²) in [6, 6.07) is 11.0. The highest BCUT2D eigenvalue weighted by Gasteiger charge is 2.24. The number of aryl methyl sites for hydroxylation is 2. The Labute approximate surface area is 163 Å². The number of carbonyl (C=O) groups excluding carboxylic acids is 1. The van der Waals surface area contributed by atoms with E-state index in [1.807, 2.05) is 18.3 Å². The molecular formula is C22H22FN3O2. The van der Waals surface area contributed by atoms with Crippen LogP contribution in [0.3, 0.4) is 0 Å². The summed E-state index contributed by atoms with van der Waals surface area (Å²) < 4.78 is 19.5. The fourth-order valence-corrected chi connectivity index (χ4v) is 3.67. The largest absolute Gasteiger partial charge is 0.370 e. The number of amides is 1. The summed E-state index contributed by atoms with van der Waals surface area (Å²) in [5, 5.41) is 5.34. The average molecular weight is 379 g/mol. The maximum atomic E-state index is 13.6. The minimum atomic E-state index is -0.233. The summed E-state index contributed by atoms with van der Waals surface area (Å²) >= 11 is 0. The molecule has 28 heavy (non-hydrogen) atoms. The number of aromatic nitrogens is 1. The van der Waals surface area contributed by atoms with Crippen LogP contribution < -0.4 is 5.32 Å². The molecule has 1 unspecified atom stereocenters. The molecule has 1 atom stereocenters. The molecule has 4 rings (SSSR count). The van der Waals surface area contributed by atoms with Crippen molar-refractivity contribution in [1.29, 1.82) is 0 Å². The molecule has 5 nitrogen and oxygen atoms in total. The van der Waals surface area contributed by atoms with Crippen LogP contribution in [0.4, 0.5) is 15.9 Å². The first-order chi connectivity index (χ1) is 13.6. The molecule has 144 valence electrons. The SMILES string of the molecule is Cc1cc(Nc2ncc(C3CN(C=O)CCO3)c3c(C)cccc23)ccc1F. The number of fused-ring (bicyclic) bond motifs is 1. The molecule has 1 aliphatic heterocycles. The Morgan fingerprint density at radius 1 is 1.25 bits per heavy atom. The number of hydrogen-bond acceptors (Lipinski definition) is 4. The topological polar surface area (TPSA) is 54.5 Å². The molecule has 2 heterocycles. The highest BCUT2D eigenvalue weighted by atomic mass is 19.1. The Morgan fingerprint density at radius 2 is 2.11 bits per heavy atom. The lowest BCUT2D eigenvalue weighted by Crippen LogP contribution is -2.37. The highest BCUT2D eigenvalue weighted by Crippen LogP contribution is 2.34. The predicted molar refractivity (Wildman–Crippen MR) is 107 cm³/mol. The van der Waals surface area contributed by atoms with Gasteiger partial charge in [-0.3, -0.25) is 4.79 Å². The Hall–Kier alpha value is -2.99. The lowest BCUT2D eigenvalue weighted by molar-refractivity contribution is -0.125. The maximum absolute atomic E-state index is 13.6. The van der Waals surface area contributed by atoms with Gasteiger partial charge in [0.15, 0.2) is 0 Å². The quantitative estimate of drug-likeness (QED) is 0.688. The number of nitrogens with one attached hydrogen (secondary N) is 1. The fraction of sp³-hybridized carbons (Fsp3) is 0.273. The van der Waals surface area contributed by atoms with Crippen LogP contribution in [-0.4, -0.2) is 36.0 Å². The lowest BCUT2D eigenvalue weighted by atomic mass is 9.97. The van der Waals surface area contributed by atoms with E-state index in [1.165, 1.54) is 6.07 Å². The molecule has 2 aromatic carbocycles. The van der Waals surface area contributed by atoms with Gasteiger partial charge in [0.1, 0.15) is 17.7 Å². The van der Waals surface area contributed by atoms with E-state index in [0.29, 0.717) is 31.1 Å². The molecule has 0 aliphatic carbocycles. The van der Waals surface area contributed by atoms with Gasteiger partial charge in [-0.2, -0.15) is 0 Å². The van der Waals surface area contributed by atoms with Crippen molar-refractivity contribution < 1.29 is 13.9 Å². The van der Waals surface area contributed by atoms with Crippen LogP contribution in [0.25, 0.3) is 10.8 Å². The van der Waals surface area contributed by atoms with E-state index in [2.05, 4.69) is 23.3 Å². The van der Waals surface area contributed by atoms with Crippen molar-refractivity contribution in [2.24, 2.45) is 0 Å². The summed E-state index contributed by atoms with van der Waals surface area (Å²) in [4.78, 5) is 17.6. The van der Waals surface area contributed by atoms with Gasteiger partial charge >= 0.3 is 0 Å². The molecule has 0 bridgehead atoms. The number of nitrogens with zero attached hydrogens (tertiary/aromatic N) is 2. The third-order valence-corrected chi connectivity index (χ3v) is 5.16. The molecule has 0 spiro atoms. The number of carbonyl (C=O) groups is 1. The van der Waals surface area contributed by atoms with Crippen molar-refractivity contribution in [3.63, 3.8) is 0 Å². The first-order valence-corrected chi connectivity index (χ1v) is 9.29. The summed E-state index contributed by atoms with van der Waals surface area (Å²) in [7, 11) is 0. The van der Waals surface area contributed by atoms with Crippen LogP contribution >= 0.6 is 0 Å². The van der Waals surface area contributed by atoms with Crippen molar-refractivity contribution in [2.45, 2.75) is 20.0 Å². The third-order valence-electron chi connectivity index (χ3n) is 5.16. The highest BCUT2D eigenvalue weighted by molar-refractivity contribution is 5.97. The molecule has 1 aliphatic rings. The van der Waals surface area contributed by atoms with E-state index in [0.717, 1.165) is 34.0 Å². The molecular weight excluding hydrogens is 357 g/mol. The first-order valence-electron chi connectivity index (χ1n) is 9.29. The zero-order valence-corrected chi connectivity index (χ0v) is 15.9. The molecule has 6 heteroatoms. The van der Waals surface area contributed by atoms with Crippen molar-refractivity contribution in [1.82, 2.24) is 9.88 Å². The summed E-state index contributed by atoms with van der Waals surface area (Å²) in [6.45, 7) is 5.41. The normalized spacial score (nSPS) is 17.0. The van der Waals surface area contributed by atoms with E-state index < -0.39 is 0 Å². The molecule has 0 saturated carbocycles. The van der Waals surface area contributed by atoms with Gasteiger partial charge in [0.05, 0.1) is 13.2 Å². The van der Waals surface area contributed by atoms with Crippen LogP contribution in [-0.2, 0) is 9.53 Å². The minimum Gasteiger partial charge on any atom is -0.370 e. The van der Waals surface area contributed by atoms with Gasteiger partial charge < -0.3 is 15.0 Å². The van der Waals surface area contributed by atoms with Gasteiger partial charge in [-0.05, 0) is 48.6 Å². The smallest absolute Gasteiger partial charge is 0.209 e. The van der Waals surface area contributed by atoms with Gasteiger partial charge in [0.25, 0.3) is 0 Å². The number of benzene rings is 2. The number of halogens is 1. The van der Waals surface area contributed by atoms with Gasteiger partial charge in [-0.1, -0.05) is 18.2 Å². The van der Waals surface area contributed by atoms with E-state index in [4.69, 9.17) is 4.74 Å². The van der Waals surface area contributed by atoms with E-state index in [1.54, 1.807) is 24.0 Å². The van der Waals surface area contributed by atoms with Crippen molar-refractivity contribution in [2.75, 3.05) is 25.0 Å². The lowest BCUT2D eigenvalue weighted by Gasteiger charge is -2.31. The van der Waals surface area contributed by atoms with Crippen LogP contribution in [0.5, 0.6) is 0 Å². The van der Waals surface area contributed by atoms with Crippen molar-refractivity contribution in [3.05, 3.63) is 65.1 Å². The number of rotatable bonds is 4. The van der Waals surface area contributed by atoms with E-state index >= 15 is 0 Å². The second-order valence-electron chi connectivity index (χ2n) is 7.11. The van der Waals surface area contributed by atoms with E-state index in [-0.39, 0.29) is 11.9 Å². The zero-order valence-electron chi connectivity index (χ0n) is 15.9. The minimum absolute atomic E-state index is 0.211. The first kappa shape index (κ1) is 18.4. The number of morpholine rings is 1. The van der Waals surface area contributed by atoms with Crippen LogP contribution in [0, 0.1) is 19.7 Å². The molecule has 1 N–H and O–H groups in total. The molecule has 1 aromatic heterocycles. The Bertz CT molecular complexity index is 1040. The van der Waals surface area contributed by atoms with Crippen molar-refractivity contribution in [3.8, 4) is 0 Å². The molecule has 0 radical (unpaired) electrons. The van der Waals surface area contributed by atoms with Gasteiger partial charge in [-0.15, -0.1) is 0 Å².